The van der Waals surface area contributed by atoms with Crippen LogP contribution in [0.4, 0.5) is 13.2 Å². The number of nitrogens with zero attached hydrogens (tertiary/aromatic N) is 3. The van der Waals surface area contributed by atoms with Gasteiger partial charge >= 0.3 is 11.9 Å². The summed E-state index contributed by atoms with van der Waals surface area (Å²) in [4.78, 5) is 36.8. The molecule has 0 atom stereocenters. The molecule has 33 heavy (non-hydrogen) atoms. The highest BCUT2D eigenvalue weighted by atomic mass is 35.5. The summed E-state index contributed by atoms with van der Waals surface area (Å²) in [6, 6.07) is 13.6. The number of benzene rings is 2. The minimum Gasteiger partial charge on any atom is -0.338 e. The van der Waals surface area contributed by atoms with Crippen molar-refractivity contribution in [3.8, 4) is 22.8 Å². The molecule has 0 radical (unpaired) electrons. The van der Waals surface area contributed by atoms with Crippen molar-refractivity contribution in [2.45, 2.75) is 33.5 Å². The fourth-order valence-electron chi connectivity index (χ4n) is 3.14. The van der Waals surface area contributed by atoms with Crippen LogP contribution in [0.1, 0.15) is 26.3 Å². The lowest BCUT2D eigenvalue weighted by atomic mass is 9.90. The minimum absolute atomic E-state index is 0.0696. The van der Waals surface area contributed by atoms with Gasteiger partial charge in [0.25, 0.3) is 0 Å². The second-order valence-electron chi connectivity index (χ2n) is 7.95. The zero-order valence-electron chi connectivity index (χ0n) is 18.2. The van der Waals surface area contributed by atoms with Gasteiger partial charge in [-0.2, -0.15) is 18.2 Å². The van der Waals surface area contributed by atoms with E-state index in [4.69, 9.17) is 11.6 Å². The Morgan fingerprint density at radius 3 is 2.36 bits per heavy atom. The van der Waals surface area contributed by atoms with E-state index < -0.39 is 23.2 Å². The molecule has 0 bridgehead atoms. The van der Waals surface area contributed by atoms with Crippen molar-refractivity contribution < 1.29 is 18.0 Å². The number of hydrogen-bond donors (Lipinski definition) is 1. The second kappa shape index (κ2) is 9.35. The maximum absolute atomic E-state index is 13.4. The van der Waals surface area contributed by atoms with Crippen LogP contribution < -0.4 is 5.69 Å². The number of amides is 1. The Hall–Kier alpha value is -3.20. The first-order chi connectivity index (χ1) is 15.4. The molecule has 1 N–H and O–H groups in total. The Kier molecular flexibility index (Phi) is 6.92. The van der Waals surface area contributed by atoms with Crippen molar-refractivity contribution >= 4 is 17.5 Å². The van der Waals surface area contributed by atoms with E-state index in [2.05, 4.69) is 15.0 Å². The van der Waals surface area contributed by atoms with Crippen molar-refractivity contribution in [2.75, 3.05) is 6.54 Å². The first-order valence-corrected chi connectivity index (χ1v) is 10.5. The molecule has 3 aromatic rings. The number of nitrogens with one attached hydrogen (secondary N) is 1. The van der Waals surface area contributed by atoms with Crippen LogP contribution in [0.2, 0.25) is 5.02 Å². The predicted octanol–water partition coefficient (Wildman–Crippen LogP) is 5.09. The number of halogens is 4. The molecule has 0 unspecified atom stereocenters. The summed E-state index contributed by atoms with van der Waals surface area (Å²) in [7, 11) is 0. The average molecular weight is 479 g/mol. The van der Waals surface area contributed by atoms with E-state index in [1.54, 1.807) is 49.4 Å². The van der Waals surface area contributed by atoms with Crippen molar-refractivity contribution in [1.29, 1.82) is 0 Å². The minimum atomic E-state index is -4.68. The lowest BCUT2D eigenvalue weighted by Crippen LogP contribution is -2.48. The van der Waals surface area contributed by atoms with Crippen LogP contribution in [0.25, 0.3) is 22.8 Å². The SMILES string of the molecule is CCN(Cc1ccc(Cl)c(-c2nc(-c3ccccc3)nc(=O)[nH]2)c1)C(=O)C(C)(C)C(F)(F)F. The van der Waals surface area contributed by atoms with Gasteiger partial charge in [0.1, 0.15) is 11.2 Å². The first-order valence-electron chi connectivity index (χ1n) is 10.1. The molecule has 2 aromatic carbocycles. The van der Waals surface area contributed by atoms with Crippen LogP contribution in [0.15, 0.2) is 53.3 Å². The Labute approximate surface area is 193 Å². The number of rotatable bonds is 6. The summed E-state index contributed by atoms with van der Waals surface area (Å²) >= 11 is 6.34. The molecule has 174 valence electrons. The van der Waals surface area contributed by atoms with Gasteiger partial charge in [0.05, 0.1) is 5.02 Å². The van der Waals surface area contributed by atoms with Crippen molar-refractivity contribution in [3.63, 3.8) is 0 Å². The fraction of sp³-hybridized carbons (Fsp3) is 0.304. The van der Waals surface area contributed by atoms with Crippen LogP contribution >= 0.6 is 11.6 Å². The largest absolute Gasteiger partial charge is 0.402 e. The molecule has 0 aliphatic carbocycles. The maximum atomic E-state index is 13.4. The number of aromatic amines is 1. The van der Waals surface area contributed by atoms with E-state index in [0.29, 0.717) is 16.7 Å². The van der Waals surface area contributed by atoms with Crippen LogP contribution in [-0.2, 0) is 11.3 Å². The van der Waals surface area contributed by atoms with Gasteiger partial charge in [-0.05, 0) is 38.5 Å². The van der Waals surface area contributed by atoms with E-state index in [1.807, 2.05) is 6.07 Å². The monoisotopic (exact) mass is 478 g/mol. The highest BCUT2D eigenvalue weighted by molar-refractivity contribution is 6.33. The Morgan fingerprint density at radius 1 is 1.09 bits per heavy atom. The molecule has 0 saturated carbocycles. The molecule has 0 spiro atoms. The van der Waals surface area contributed by atoms with Gasteiger partial charge in [0.15, 0.2) is 5.82 Å². The molecule has 0 aliphatic heterocycles. The quantitative estimate of drug-likeness (QED) is 0.535. The van der Waals surface area contributed by atoms with Crippen LogP contribution in [0.5, 0.6) is 0 Å². The summed E-state index contributed by atoms with van der Waals surface area (Å²) in [6.07, 6.45) is -4.68. The topological polar surface area (TPSA) is 79.0 Å². The van der Waals surface area contributed by atoms with Gasteiger partial charge in [-0.3, -0.25) is 9.78 Å². The van der Waals surface area contributed by atoms with E-state index in [0.717, 1.165) is 18.7 Å². The summed E-state index contributed by atoms with van der Waals surface area (Å²) in [5.41, 5.74) is -1.62. The molecule has 0 aliphatic rings. The highest BCUT2D eigenvalue weighted by Crippen LogP contribution is 2.39. The molecule has 1 heterocycles. The molecule has 3 rings (SSSR count). The molecule has 1 aromatic heterocycles. The normalized spacial score (nSPS) is 12.0. The Morgan fingerprint density at radius 2 is 1.76 bits per heavy atom. The maximum Gasteiger partial charge on any atom is 0.402 e. The molecular weight excluding hydrogens is 457 g/mol. The summed E-state index contributed by atoms with van der Waals surface area (Å²) in [5, 5.41) is 0.275. The van der Waals surface area contributed by atoms with Crippen LogP contribution in [0, 0.1) is 5.41 Å². The van der Waals surface area contributed by atoms with Crippen LogP contribution in [0.3, 0.4) is 0 Å². The number of hydrogen-bond acceptors (Lipinski definition) is 4. The number of aromatic nitrogens is 3. The van der Waals surface area contributed by atoms with E-state index in [1.165, 1.54) is 0 Å². The smallest absolute Gasteiger partial charge is 0.338 e. The van der Waals surface area contributed by atoms with Crippen molar-refractivity contribution in [3.05, 3.63) is 69.6 Å². The zero-order chi connectivity index (χ0) is 24.4. The highest BCUT2D eigenvalue weighted by Gasteiger charge is 2.54. The summed E-state index contributed by atoms with van der Waals surface area (Å²) < 4.78 is 40.1. The third-order valence-corrected chi connectivity index (χ3v) is 5.58. The lowest BCUT2D eigenvalue weighted by molar-refractivity contribution is -0.217. The first kappa shape index (κ1) is 24.4. The lowest BCUT2D eigenvalue weighted by Gasteiger charge is -2.32. The average Bonchev–Trinajstić information content (AvgIpc) is 2.77. The van der Waals surface area contributed by atoms with Crippen molar-refractivity contribution in [2.24, 2.45) is 5.41 Å². The zero-order valence-corrected chi connectivity index (χ0v) is 19.0. The molecule has 0 fully saturated rings. The summed E-state index contributed by atoms with van der Waals surface area (Å²) in [6.45, 7) is 3.35. The van der Waals surface area contributed by atoms with Gasteiger partial charge in [-0.25, -0.2) is 9.78 Å². The van der Waals surface area contributed by atoms with E-state index in [-0.39, 0.29) is 29.8 Å². The fourth-order valence-corrected chi connectivity index (χ4v) is 3.35. The van der Waals surface area contributed by atoms with Gasteiger partial charge < -0.3 is 4.90 Å². The third-order valence-electron chi connectivity index (χ3n) is 5.25. The molecule has 1 amide bonds. The van der Waals surface area contributed by atoms with Crippen molar-refractivity contribution in [1.82, 2.24) is 19.9 Å². The number of alkyl halides is 3. The number of H-pyrrole nitrogens is 1. The van der Waals surface area contributed by atoms with Gasteiger partial charge in [-0.15, -0.1) is 0 Å². The van der Waals surface area contributed by atoms with Gasteiger partial charge in [0.2, 0.25) is 5.91 Å². The predicted molar refractivity (Wildman–Crippen MR) is 119 cm³/mol. The number of carbonyl (C=O) groups excluding carboxylic acids is 1. The Bertz CT molecular complexity index is 1210. The van der Waals surface area contributed by atoms with E-state index >= 15 is 0 Å². The van der Waals surface area contributed by atoms with E-state index in [9.17, 15) is 22.8 Å². The van der Waals surface area contributed by atoms with Gasteiger partial charge in [-0.1, -0.05) is 48.0 Å². The molecule has 6 nitrogen and oxygen atoms in total. The molecule has 10 heteroatoms. The standard InChI is InChI=1S/C23H22ClF3N4O2/c1-4-31(20(32)22(2,3)23(25,26)27)13-14-10-11-17(24)16(12-14)19-28-18(29-21(33)30-19)15-8-6-5-7-9-15/h5-12H,4,13H2,1-3H3,(H,28,29,30,33). The third kappa shape index (κ3) is 5.24. The number of carbonyl (C=O) groups is 1. The summed E-state index contributed by atoms with van der Waals surface area (Å²) in [5.74, 6) is -0.672. The second-order valence-corrected chi connectivity index (χ2v) is 8.36. The molecular formula is C23H22ClF3N4O2. The van der Waals surface area contributed by atoms with Crippen LogP contribution in [-0.4, -0.2) is 38.5 Å². The molecule has 0 saturated heterocycles. The van der Waals surface area contributed by atoms with Gasteiger partial charge in [0, 0.05) is 24.2 Å². The Balaban J connectivity index is 1.97.